The summed E-state index contributed by atoms with van der Waals surface area (Å²) in [5, 5.41) is 1.83. The highest BCUT2D eigenvalue weighted by atomic mass is 35.5. The largest absolute Gasteiger partial charge is 0.497 e. The number of rotatable bonds is 4. The third-order valence-corrected chi connectivity index (χ3v) is 4.50. The first-order valence-electron chi connectivity index (χ1n) is 8.38. The van der Waals surface area contributed by atoms with Gasteiger partial charge in [0.05, 0.1) is 18.2 Å². The first-order chi connectivity index (χ1) is 13.5. The third-order valence-electron chi connectivity index (χ3n) is 4.29. The van der Waals surface area contributed by atoms with Gasteiger partial charge in [0.25, 0.3) is 0 Å². The number of pyridine rings is 1. The molecule has 0 atom stereocenters. The van der Waals surface area contributed by atoms with Gasteiger partial charge in [-0.05, 0) is 42.5 Å². The molecule has 0 fully saturated rings. The van der Waals surface area contributed by atoms with Crippen LogP contribution in [0.15, 0.2) is 63.8 Å². The Bertz CT molecular complexity index is 1260. The second-order valence-electron chi connectivity index (χ2n) is 6.07. The zero-order chi connectivity index (χ0) is 19.7. The lowest BCUT2D eigenvalue weighted by Gasteiger charge is -2.09. The van der Waals surface area contributed by atoms with Crippen LogP contribution in [-0.4, -0.2) is 18.1 Å². The minimum absolute atomic E-state index is 0.0653. The van der Waals surface area contributed by atoms with E-state index in [1.54, 1.807) is 48.5 Å². The molecule has 0 aliphatic heterocycles. The predicted octanol–water partition coefficient (Wildman–Crippen LogP) is 4.36. The first-order valence-corrected chi connectivity index (χ1v) is 8.75. The Morgan fingerprint density at radius 2 is 1.96 bits per heavy atom. The number of esters is 1. The normalized spacial score (nSPS) is 10.9. The molecule has 0 spiro atoms. The van der Waals surface area contributed by atoms with Gasteiger partial charge >= 0.3 is 11.6 Å². The van der Waals surface area contributed by atoms with Gasteiger partial charge in [-0.1, -0.05) is 11.6 Å². The quantitative estimate of drug-likeness (QED) is 0.290. The van der Waals surface area contributed by atoms with Gasteiger partial charge in [-0.25, -0.2) is 14.6 Å². The Balaban J connectivity index is 1.59. The topological polar surface area (TPSA) is 78.6 Å². The molecule has 2 heterocycles. The van der Waals surface area contributed by atoms with Crippen molar-refractivity contribution in [1.29, 1.82) is 0 Å². The van der Waals surface area contributed by atoms with Crippen molar-refractivity contribution in [2.75, 3.05) is 7.11 Å². The fraction of sp³-hybridized carbons (Fsp3) is 0.0952. The number of methoxy groups -OCH3 is 1. The monoisotopic (exact) mass is 395 g/mol. The Labute approximate surface area is 164 Å². The van der Waals surface area contributed by atoms with E-state index < -0.39 is 11.6 Å². The molecule has 0 aliphatic carbocycles. The lowest BCUT2D eigenvalue weighted by molar-refractivity contribution is 0.0474. The number of aromatic nitrogens is 1. The van der Waals surface area contributed by atoms with Gasteiger partial charge in [0.2, 0.25) is 0 Å². The smallest absolute Gasteiger partial charge is 0.338 e. The lowest BCUT2D eigenvalue weighted by Crippen LogP contribution is -2.08. The van der Waals surface area contributed by atoms with Crippen LogP contribution in [0.3, 0.4) is 0 Å². The molecule has 4 rings (SSSR count). The number of halogens is 1. The number of ether oxygens (including phenoxy) is 2. The summed E-state index contributed by atoms with van der Waals surface area (Å²) in [6, 6.07) is 14.9. The van der Waals surface area contributed by atoms with E-state index in [0.29, 0.717) is 38.5 Å². The van der Waals surface area contributed by atoms with E-state index in [0.717, 1.165) is 5.39 Å². The van der Waals surface area contributed by atoms with Crippen molar-refractivity contribution in [1.82, 2.24) is 4.98 Å². The van der Waals surface area contributed by atoms with Crippen molar-refractivity contribution in [3.8, 4) is 5.75 Å². The molecular formula is C21H14ClNO5. The summed E-state index contributed by atoms with van der Waals surface area (Å²) in [5.74, 6) is 0.0569. The number of benzene rings is 2. The van der Waals surface area contributed by atoms with Crippen molar-refractivity contribution in [3.05, 3.63) is 81.3 Å². The summed E-state index contributed by atoms with van der Waals surface area (Å²) in [5.41, 5.74) is 1.46. The molecular weight excluding hydrogens is 382 g/mol. The molecule has 0 radical (unpaired) electrons. The van der Waals surface area contributed by atoms with E-state index in [2.05, 4.69) is 4.98 Å². The SMILES string of the molecule is COc1ccc2c(COC(=O)c3ccc4nc(Cl)ccc4c3)cc(=O)oc2c1. The van der Waals surface area contributed by atoms with Crippen LogP contribution < -0.4 is 10.4 Å². The molecule has 28 heavy (non-hydrogen) atoms. The predicted molar refractivity (Wildman–Crippen MR) is 105 cm³/mol. The van der Waals surface area contributed by atoms with Crippen LogP contribution in [0.1, 0.15) is 15.9 Å². The highest BCUT2D eigenvalue weighted by molar-refractivity contribution is 6.29. The molecule has 6 nitrogen and oxygen atoms in total. The fourth-order valence-electron chi connectivity index (χ4n) is 2.91. The van der Waals surface area contributed by atoms with E-state index in [1.165, 1.54) is 13.2 Å². The minimum atomic E-state index is -0.527. The number of hydrogen-bond acceptors (Lipinski definition) is 6. The van der Waals surface area contributed by atoms with Crippen LogP contribution in [-0.2, 0) is 11.3 Å². The van der Waals surface area contributed by atoms with Crippen molar-refractivity contribution >= 4 is 39.4 Å². The first kappa shape index (κ1) is 18.0. The summed E-state index contributed by atoms with van der Waals surface area (Å²) in [6.45, 7) is -0.0653. The summed E-state index contributed by atoms with van der Waals surface area (Å²) >= 11 is 5.87. The van der Waals surface area contributed by atoms with Gasteiger partial charge < -0.3 is 13.9 Å². The van der Waals surface area contributed by atoms with Gasteiger partial charge in [0, 0.05) is 28.5 Å². The molecule has 0 aliphatic rings. The maximum atomic E-state index is 12.5. The zero-order valence-electron chi connectivity index (χ0n) is 14.8. The van der Waals surface area contributed by atoms with Crippen molar-refractivity contribution in [2.45, 2.75) is 6.61 Å². The lowest BCUT2D eigenvalue weighted by atomic mass is 10.1. The van der Waals surface area contributed by atoms with Gasteiger partial charge in [0.15, 0.2) is 0 Å². The van der Waals surface area contributed by atoms with Crippen LogP contribution in [0, 0.1) is 0 Å². The molecule has 2 aromatic carbocycles. The maximum Gasteiger partial charge on any atom is 0.338 e. The fourth-order valence-corrected chi connectivity index (χ4v) is 3.06. The summed E-state index contributed by atoms with van der Waals surface area (Å²) in [6.07, 6.45) is 0. The van der Waals surface area contributed by atoms with Crippen molar-refractivity contribution < 1.29 is 18.7 Å². The molecule has 0 amide bonds. The second-order valence-corrected chi connectivity index (χ2v) is 6.46. The average molecular weight is 396 g/mol. The molecule has 0 bridgehead atoms. The van der Waals surface area contributed by atoms with Crippen LogP contribution >= 0.6 is 11.6 Å². The molecule has 0 unspecified atom stereocenters. The molecule has 0 saturated heterocycles. The number of nitrogens with zero attached hydrogens (tertiary/aromatic N) is 1. The van der Waals surface area contributed by atoms with E-state index >= 15 is 0 Å². The zero-order valence-corrected chi connectivity index (χ0v) is 15.5. The Kier molecular flexibility index (Phi) is 4.71. The molecule has 2 aromatic heterocycles. The van der Waals surface area contributed by atoms with E-state index in [-0.39, 0.29) is 6.61 Å². The summed E-state index contributed by atoms with van der Waals surface area (Å²) < 4.78 is 15.7. The molecule has 0 N–H and O–H groups in total. The van der Waals surface area contributed by atoms with E-state index in [9.17, 15) is 9.59 Å². The van der Waals surface area contributed by atoms with Crippen LogP contribution in [0.25, 0.3) is 21.9 Å². The molecule has 7 heteroatoms. The van der Waals surface area contributed by atoms with Crippen LogP contribution in [0.5, 0.6) is 5.75 Å². The van der Waals surface area contributed by atoms with Crippen molar-refractivity contribution in [2.24, 2.45) is 0 Å². The van der Waals surface area contributed by atoms with Gasteiger partial charge in [-0.2, -0.15) is 0 Å². The maximum absolute atomic E-state index is 12.5. The number of carbonyl (C=O) groups is 1. The van der Waals surface area contributed by atoms with Crippen LogP contribution in [0.4, 0.5) is 0 Å². The summed E-state index contributed by atoms with van der Waals surface area (Å²) in [7, 11) is 1.53. The standard InChI is InChI=1S/C21H14ClNO5/c1-26-15-4-5-16-14(9-20(24)28-18(16)10-15)11-27-21(25)13-2-6-17-12(8-13)3-7-19(22)23-17/h2-10H,11H2,1H3. The minimum Gasteiger partial charge on any atom is -0.497 e. The van der Waals surface area contributed by atoms with Gasteiger partial charge in [0.1, 0.15) is 23.1 Å². The number of hydrogen-bond donors (Lipinski definition) is 0. The average Bonchev–Trinajstić information content (AvgIpc) is 2.70. The molecule has 140 valence electrons. The van der Waals surface area contributed by atoms with E-state index in [1.807, 2.05) is 0 Å². The second kappa shape index (κ2) is 7.32. The highest BCUT2D eigenvalue weighted by Gasteiger charge is 2.12. The molecule has 4 aromatic rings. The van der Waals surface area contributed by atoms with Crippen LogP contribution in [0.2, 0.25) is 5.15 Å². The third kappa shape index (κ3) is 3.54. The van der Waals surface area contributed by atoms with Gasteiger partial charge in [-0.3, -0.25) is 0 Å². The Morgan fingerprint density at radius 3 is 2.79 bits per heavy atom. The molecule has 0 saturated carbocycles. The van der Waals surface area contributed by atoms with Crippen molar-refractivity contribution in [3.63, 3.8) is 0 Å². The van der Waals surface area contributed by atoms with E-state index in [4.69, 9.17) is 25.5 Å². The Morgan fingerprint density at radius 1 is 1.11 bits per heavy atom. The summed E-state index contributed by atoms with van der Waals surface area (Å²) in [4.78, 5) is 28.5. The Hall–Kier alpha value is -3.38. The van der Waals surface area contributed by atoms with Gasteiger partial charge in [-0.15, -0.1) is 0 Å². The number of fused-ring (bicyclic) bond motifs is 2. The number of carbonyl (C=O) groups excluding carboxylic acids is 1. The highest BCUT2D eigenvalue weighted by Crippen LogP contribution is 2.23.